The number of carbonyl (C=O) groups is 3. The fourth-order valence-electron chi connectivity index (χ4n) is 2.68. The third-order valence-corrected chi connectivity index (χ3v) is 4.22. The summed E-state index contributed by atoms with van der Waals surface area (Å²) < 4.78 is 15.7. The molecule has 0 aliphatic heterocycles. The van der Waals surface area contributed by atoms with Gasteiger partial charge in [-0.3, -0.25) is 14.4 Å². The third-order valence-electron chi connectivity index (χ3n) is 4.22. The van der Waals surface area contributed by atoms with Crippen molar-refractivity contribution in [2.45, 2.75) is 32.8 Å². The Morgan fingerprint density at radius 2 is 1.50 bits per heavy atom. The molecular formula is C22H26N2O6. The van der Waals surface area contributed by atoms with E-state index in [0.29, 0.717) is 29.3 Å². The Hall–Kier alpha value is -3.55. The molecule has 0 radical (unpaired) electrons. The molecule has 2 aromatic carbocycles. The second-order valence-corrected chi connectivity index (χ2v) is 6.57. The maximum Gasteiger partial charge on any atom is 0.306 e. The maximum absolute atomic E-state index is 12.3. The summed E-state index contributed by atoms with van der Waals surface area (Å²) in [6.45, 7) is 2.92. The minimum Gasteiger partial charge on any atom is -0.493 e. The van der Waals surface area contributed by atoms with Crippen molar-refractivity contribution in [3.8, 4) is 11.5 Å². The van der Waals surface area contributed by atoms with Crippen LogP contribution in [0.15, 0.2) is 42.5 Å². The number of rotatable bonds is 9. The fraction of sp³-hybridized carbons (Fsp3) is 0.318. The molecule has 0 saturated carbocycles. The summed E-state index contributed by atoms with van der Waals surface area (Å²) in [6, 6.07) is 12.0. The number of hydrogen-bond acceptors (Lipinski definition) is 6. The highest BCUT2D eigenvalue weighted by atomic mass is 16.5. The summed E-state index contributed by atoms with van der Waals surface area (Å²) in [6.07, 6.45) is -0.380. The largest absolute Gasteiger partial charge is 0.493 e. The molecule has 0 fully saturated rings. The summed E-state index contributed by atoms with van der Waals surface area (Å²) in [5.74, 6) is 0.0930. The molecule has 2 aromatic rings. The molecular weight excluding hydrogens is 388 g/mol. The van der Waals surface area contributed by atoms with Gasteiger partial charge in [0.25, 0.3) is 5.91 Å². The third kappa shape index (κ3) is 6.80. The standard InChI is InChI=1S/C22H26N2O6/c1-14(22(27)24-18-9-7-17(8-10-18)23-15(2)25)30-21(26)12-6-16-5-11-19(28-3)20(13-16)29-4/h5,7-11,13-14H,6,12H2,1-4H3,(H,23,25)(H,24,27)/t14-/m1/s1. The normalized spacial score (nSPS) is 11.2. The SMILES string of the molecule is COc1ccc(CCC(=O)O[C@H](C)C(=O)Nc2ccc(NC(C)=O)cc2)cc1OC. The van der Waals surface area contributed by atoms with Gasteiger partial charge in [-0.05, 0) is 55.3 Å². The predicted molar refractivity (Wildman–Crippen MR) is 113 cm³/mol. The van der Waals surface area contributed by atoms with Crippen molar-refractivity contribution in [3.05, 3.63) is 48.0 Å². The van der Waals surface area contributed by atoms with Crippen LogP contribution in [0.5, 0.6) is 11.5 Å². The van der Waals surface area contributed by atoms with E-state index in [1.54, 1.807) is 50.6 Å². The Labute approximate surface area is 175 Å². The quantitative estimate of drug-likeness (QED) is 0.611. The predicted octanol–water partition coefficient (Wildman–Crippen LogP) is 3.17. The van der Waals surface area contributed by atoms with Crippen LogP contribution in [0.25, 0.3) is 0 Å². The van der Waals surface area contributed by atoms with Gasteiger partial charge >= 0.3 is 5.97 Å². The van der Waals surface area contributed by atoms with Gasteiger partial charge in [0.1, 0.15) is 0 Å². The van der Waals surface area contributed by atoms with Gasteiger partial charge in [-0.15, -0.1) is 0 Å². The first kappa shape index (κ1) is 22.7. The van der Waals surface area contributed by atoms with E-state index < -0.39 is 18.0 Å². The molecule has 0 aliphatic carbocycles. The topological polar surface area (TPSA) is 103 Å². The Balaban J connectivity index is 1.83. The summed E-state index contributed by atoms with van der Waals surface area (Å²) in [5, 5.41) is 5.31. The van der Waals surface area contributed by atoms with Gasteiger partial charge in [0.05, 0.1) is 14.2 Å². The lowest BCUT2D eigenvalue weighted by Crippen LogP contribution is -2.30. The molecule has 8 heteroatoms. The van der Waals surface area contributed by atoms with E-state index in [1.807, 2.05) is 6.07 Å². The molecule has 0 bridgehead atoms. The summed E-state index contributed by atoms with van der Waals surface area (Å²) in [7, 11) is 3.10. The average Bonchev–Trinajstić information content (AvgIpc) is 2.72. The van der Waals surface area contributed by atoms with Gasteiger partial charge in [0, 0.05) is 24.7 Å². The zero-order valence-corrected chi connectivity index (χ0v) is 17.5. The van der Waals surface area contributed by atoms with Gasteiger partial charge in [0.2, 0.25) is 5.91 Å². The van der Waals surface area contributed by atoms with Crippen LogP contribution in [-0.2, 0) is 25.5 Å². The first-order valence-electron chi connectivity index (χ1n) is 9.41. The second-order valence-electron chi connectivity index (χ2n) is 6.57. The Bertz CT molecular complexity index is 895. The highest BCUT2D eigenvalue weighted by molar-refractivity contribution is 5.95. The van der Waals surface area contributed by atoms with Gasteiger partial charge in [-0.1, -0.05) is 6.07 Å². The lowest BCUT2D eigenvalue weighted by atomic mass is 10.1. The molecule has 8 nitrogen and oxygen atoms in total. The van der Waals surface area contributed by atoms with Crippen LogP contribution in [0.1, 0.15) is 25.8 Å². The van der Waals surface area contributed by atoms with Crippen molar-refractivity contribution in [2.24, 2.45) is 0 Å². The number of hydrogen-bond donors (Lipinski definition) is 2. The van der Waals surface area contributed by atoms with E-state index >= 15 is 0 Å². The molecule has 0 unspecified atom stereocenters. The lowest BCUT2D eigenvalue weighted by Gasteiger charge is -2.14. The van der Waals surface area contributed by atoms with Crippen LogP contribution in [0.4, 0.5) is 11.4 Å². The van der Waals surface area contributed by atoms with Crippen LogP contribution < -0.4 is 20.1 Å². The number of benzene rings is 2. The fourth-order valence-corrected chi connectivity index (χ4v) is 2.68. The summed E-state index contributed by atoms with van der Waals surface area (Å²) >= 11 is 0. The number of aryl methyl sites for hydroxylation is 1. The minimum absolute atomic E-state index is 0.124. The highest BCUT2D eigenvalue weighted by Crippen LogP contribution is 2.28. The van der Waals surface area contributed by atoms with E-state index in [2.05, 4.69) is 10.6 Å². The number of carbonyl (C=O) groups excluding carboxylic acids is 3. The number of nitrogens with one attached hydrogen (secondary N) is 2. The molecule has 2 amide bonds. The molecule has 1 atom stereocenters. The van der Waals surface area contributed by atoms with Gasteiger partial charge in [-0.25, -0.2) is 0 Å². The van der Waals surface area contributed by atoms with E-state index in [-0.39, 0.29) is 12.3 Å². The smallest absolute Gasteiger partial charge is 0.306 e. The Kier molecular flexibility index (Phi) is 8.22. The number of anilines is 2. The first-order valence-corrected chi connectivity index (χ1v) is 9.41. The lowest BCUT2D eigenvalue weighted by molar-refractivity contribution is -0.153. The van der Waals surface area contributed by atoms with Crippen molar-refractivity contribution in [1.82, 2.24) is 0 Å². The number of amides is 2. The molecule has 0 heterocycles. The molecule has 30 heavy (non-hydrogen) atoms. The van der Waals surface area contributed by atoms with Crippen molar-refractivity contribution >= 4 is 29.2 Å². The van der Waals surface area contributed by atoms with Crippen molar-refractivity contribution in [2.75, 3.05) is 24.9 Å². The van der Waals surface area contributed by atoms with Gasteiger partial charge in [-0.2, -0.15) is 0 Å². The van der Waals surface area contributed by atoms with E-state index in [9.17, 15) is 14.4 Å². The Morgan fingerprint density at radius 3 is 2.07 bits per heavy atom. The molecule has 0 aromatic heterocycles. The van der Waals surface area contributed by atoms with Crippen molar-refractivity contribution < 1.29 is 28.6 Å². The second kappa shape index (κ2) is 10.8. The molecule has 160 valence electrons. The zero-order chi connectivity index (χ0) is 22.1. The van der Waals surface area contributed by atoms with Gasteiger partial charge < -0.3 is 24.8 Å². The molecule has 2 N–H and O–H groups in total. The zero-order valence-electron chi connectivity index (χ0n) is 17.5. The molecule has 0 spiro atoms. The van der Waals surface area contributed by atoms with Crippen LogP contribution in [0, 0.1) is 0 Å². The summed E-state index contributed by atoms with van der Waals surface area (Å²) in [4.78, 5) is 35.4. The minimum atomic E-state index is -0.946. The van der Waals surface area contributed by atoms with Crippen LogP contribution in [0.3, 0.4) is 0 Å². The Morgan fingerprint density at radius 1 is 0.900 bits per heavy atom. The average molecular weight is 414 g/mol. The molecule has 0 aliphatic rings. The van der Waals surface area contributed by atoms with Crippen LogP contribution >= 0.6 is 0 Å². The van der Waals surface area contributed by atoms with Crippen LogP contribution in [0.2, 0.25) is 0 Å². The van der Waals surface area contributed by atoms with Crippen molar-refractivity contribution in [1.29, 1.82) is 0 Å². The van der Waals surface area contributed by atoms with E-state index in [0.717, 1.165) is 5.56 Å². The van der Waals surface area contributed by atoms with Gasteiger partial charge in [0.15, 0.2) is 17.6 Å². The van der Waals surface area contributed by atoms with Crippen molar-refractivity contribution in [3.63, 3.8) is 0 Å². The number of methoxy groups -OCH3 is 2. The molecule has 0 saturated heterocycles. The van der Waals surface area contributed by atoms with E-state index in [4.69, 9.17) is 14.2 Å². The monoisotopic (exact) mass is 414 g/mol. The van der Waals surface area contributed by atoms with Crippen LogP contribution in [-0.4, -0.2) is 38.1 Å². The molecule has 2 rings (SSSR count). The number of ether oxygens (including phenoxy) is 3. The van der Waals surface area contributed by atoms with E-state index in [1.165, 1.54) is 13.8 Å². The summed E-state index contributed by atoms with van der Waals surface area (Å²) in [5.41, 5.74) is 2.04. The first-order chi connectivity index (χ1) is 14.3. The number of esters is 1. The highest BCUT2D eigenvalue weighted by Gasteiger charge is 2.18. The maximum atomic E-state index is 12.3.